The first-order chi connectivity index (χ1) is 8.75. The van der Waals surface area contributed by atoms with Gasteiger partial charge in [0.1, 0.15) is 5.69 Å². The van der Waals surface area contributed by atoms with Crippen LogP contribution in [-0.2, 0) is 0 Å². The Bertz CT molecular complexity index is 423. The summed E-state index contributed by atoms with van der Waals surface area (Å²) in [5.41, 5.74) is -0.707. The molecule has 0 bridgehead atoms. The number of aromatic nitrogens is 1. The summed E-state index contributed by atoms with van der Waals surface area (Å²) in [5.74, 6) is -6.20. The highest BCUT2D eigenvalue weighted by molar-refractivity contribution is 5.49. The van der Waals surface area contributed by atoms with E-state index in [-0.39, 0.29) is 12.6 Å². The first-order valence-electron chi connectivity index (χ1n) is 5.87. The highest BCUT2D eigenvalue weighted by Gasteiger charge is 2.26. The van der Waals surface area contributed by atoms with Crippen molar-refractivity contribution in [3.63, 3.8) is 0 Å². The minimum absolute atomic E-state index is 0.237. The van der Waals surface area contributed by atoms with Crippen molar-refractivity contribution in [3.05, 3.63) is 23.5 Å². The van der Waals surface area contributed by atoms with Crippen molar-refractivity contribution in [1.29, 1.82) is 0 Å². The standard InChI is InChI=1S/C12H17F4N3/c1-7(2)19(6-5-18(3)4)10-8(13)11(15)17-12(16)9(10)14/h7H,5-6H2,1-4H3. The van der Waals surface area contributed by atoms with E-state index in [0.717, 1.165) is 0 Å². The zero-order chi connectivity index (χ0) is 14.7. The summed E-state index contributed by atoms with van der Waals surface area (Å²) in [6, 6.07) is -0.315. The predicted octanol–water partition coefficient (Wildman–Crippen LogP) is 2.41. The van der Waals surface area contributed by atoms with E-state index in [1.165, 1.54) is 4.90 Å². The van der Waals surface area contributed by atoms with Gasteiger partial charge < -0.3 is 9.80 Å². The average molecular weight is 279 g/mol. The number of nitrogens with zero attached hydrogens (tertiary/aromatic N) is 3. The van der Waals surface area contributed by atoms with E-state index >= 15 is 0 Å². The molecule has 1 heterocycles. The van der Waals surface area contributed by atoms with Gasteiger partial charge in [0.2, 0.25) is 11.6 Å². The Kier molecular flexibility index (Phi) is 5.11. The van der Waals surface area contributed by atoms with E-state index in [1.807, 2.05) is 0 Å². The number of pyridine rings is 1. The summed E-state index contributed by atoms with van der Waals surface area (Å²) in [6.07, 6.45) is 0. The number of rotatable bonds is 5. The highest BCUT2D eigenvalue weighted by Crippen LogP contribution is 2.27. The number of likely N-dealkylation sites (N-methyl/N-ethyl adjacent to an activating group) is 1. The van der Waals surface area contributed by atoms with Gasteiger partial charge in [-0.3, -0.25) is 0 Å². The predicted molar refractivity (Wildman–Crippen MR) is 65.1 cm³/mol. The van der Waals surface area contributed by atoms with Crippen molar-refractivity contribution in [1.82, 2.24) is 9.88 Å². The van der Waals surface area contributed by atoms with E-state index in [0.29, 0.717) is 6.54 Å². The summed E-state index contributed by atoms with van der Waals surface area (Å²) in [4.78, 5) is 5.63. The van der Waals surface area contributed by atoms with E-state index < -0.39 is 29.2 Å². The summed E-state index contributed by atoms with van der Waals surface area (Å²) < 4.78 is 53.6. The molecule has 0 N–H and O–H groups in total. The molecule has 0 atom stereocenters. The van der Waals surface area contributed by atoms with Crippen LogP contribution in [0, 0.1) is 23.5 Å². The van der Waals surface area contributed by atoms with Crippen LogP contribution in [0.4, 0.5) is 23.2 Å². The van der Waals surface area contributed by atoms with Crippen LogP contribution in [0.5, 0.6) is 0 Å². The molecule has 7 heteroatoms. The fraction of sp³-hybridized carbons (Fsp3) is 0.583. The molecule has 0 saturated carbocycles. The molecule has 0 aromatic carbocycles. The molecule has 1 aromatic heterocycles. The summed E-state index contributed by atoms with van der Waals surface area (Å²) >= 11 is 0. The first-order valence-corrected chi connectivity index (χ1v) is 5.87. The van der Waals surface area contributed by atoms with Gasteiger partial charge in [-0.25, -0.2) is 0 Å². The largest absolute Gasteiger partial charge is 0.363 e. The second-order valence-corrected chi connectivity index (χ2v) is 4.76. The molecule has 0 aliphatic carbocycles. The Balaban J connectivity index is 3.22. The van der Waals surface area contributed by atoms with E-state index in [4.69, 9.17) is 0 Å². The van der Waals surface area contributed by atoms with Crippen molar-refractivity contribution in [2.75, 3.05) is 32.1 Å². The van der Waals surface area contributed by atoms with Crippen LogP contribution in [0.15, 0.2) is 0 Å². The van der Waals surface area contributed by atoms with Crippen LogP contribution in [-0.4, -0.2) is 43.1 Å². The molecule has 1 rings (SSSR count). The molecular weight excluding hydrogens is 262 g/mol. The lowest BCUT2D eigenvalue weighted by Gasteiger charge is -2.30. The molecule has 108 valence electrons. The zero-order valence-corrected chi connectivity index (χ0v) is 11.3. The Morgan fingerprint density at radius 2 is 1.42 bits per heavy atom. The molecule has 0 spiro atoms. The fourth-order valence-corrected chi connectivity index (χ4v) is 1.66. The van der Waals surface area contributed by atoms with Crippen LogP contribution >= 0.6 is 0 Å². The summed E-state index contributed by atoms with van der Waals surface area (Å²) in [7, 11) is 3.58. The lowest BCUT2D eigenvalue weighted by molar-refractivity contribution is 0.387. The third kappa shape index (κ3) is 3.56. The van der Waals surface area contributed by atoms with Crippen LogP contribution in [0.1, 0.15) is 13.8 Å². The highest BCUT2D eigenvalue weighted by atomic mass is 19.2. The second-order valence-electron chi connectivity index (χ2n) is 4.76. The van der Waals surface area contributed by atoms with Crippen molar-refractivity contribution in [2.45, 2.75) is 19.9 Å². The van der Waals surface area contributed by atoms with Gasteiger partial charge >= 0.3 is 0 Å². The quantitative estimate of drug-likeness (QED) is 0.609. The van der Waals surface area contributed by atoms with Gasteiger partial charge in [0.25, 0.3) is 11.9 Å². The SMILES string of the molecule is CC(C)N(CCN(C)C)c1c(F)c(F)nc(F)c1F. The summed E-state index contributed by atoms with van der Waals surface area (Å²) in [6.45, 7) is 4.10. The maximum Gasteiger partial charge on any atom is 0.253 e. The average Bonchev–Trinajstić information content (AvgIpc) is 2.30. The van der Waals surface area contributed by atoms with Crippen LogP contribution < -0.4 is 4.90 Å². The molecular formula is C12H17F4N3. The van der Waals surface area contributed by atoms with Gasteiger partial charge in [-0.1, -0.05) is 0 Å². The lowest BCUT2D eigenvalue weighted by Crippen LogP contribution is -2.38. The third-order valence-corrected chi connectivity index (χ3v) is 2.67. The second kappa shape index (κ2) is 6.18. The van der Waals surface area contributed by atoms with Crippen LogP contribution in [0.25, 0.3) is 0 Å². The fourth-order valence-electron chi connectivity index (χ4n) is 1.66. The van der Waals surface area contributed by atoms with Crippen LogP contribution in [0.3, 0.4) is 0 Å². The van der Waals surface area contributed by atoms with Crippen molar-refractivity contribution in [2.24, 2.45) is 0 Å². The first kappa shape index (κ1) is 15.7. The Morgan fingerprint density at radius 1 is 0.947 bits per heavy atom. The van der Waals surface area contributed by atoms with Gasteiger partial charge in [0, 0.05) is 19.1 Å². The minimum atomic E-state index is -1.63. The molecule has 3 nitrogen and oxygen atoms in total. The van der Waals surface area contributed by atoms with Gasteiger partial charge in [-0.2, -0.15) is 22.5 Å². The van der Waals surface area contributed by atoms with Gasteiger partial charge in [-0.05, 0) is 27.9 Å². The molecule has 0 saturated heterocycles. The topological polar surface area (TPSA) is 19.4 Å². The molecule has 0 unspecified atom stereocenters. The molecule has 0 aliphatic heterocycles. The molecule has 0 amide bonds. The third-order valence-electron chi connectivity index (χ3n) is 2.67. The lowest BCUT2D eigenvalue weighted by atomic mass is 10.2. The number of anilines is 1. The van der Waals surface area contributed by atoms with Crippen molar-refractivity contribution >= 4 is 5.69 Å². The molecule has 1 aromatic rings. The van der Waals surface area contributed by atoms with Gasteiger partial charge in [0.15, 0.2) is 0 Å². The summed E-state index contributed by atoms with van der Waals surface area (Å²) in [5, 5.41) is 0. The maximum absolute atomic E-state index is 13.7. The van der Waals surface area contributed by atoms with Crippen molar-refractivity contribution in [3.8, 4) is 0 Å². The molecule has 0 radical (unpaired) electrons. The number of halogens is 4. The number of hydrogen-bond acceptors (Lipinski definition) is 3. The zero-order valence-electron chi connectivity index (χ0n) is 11.3. The molecule has 0 aliphatic rings. The Labute approximate surface area is 109 Å². The Hall–Kier alpha value is -1.37. The van der Waals surface area contributed by atoms with Crippen molar-refractivity contribution < 1.29 is 17.6 Å². The maximum atomic E-state index is 13.7. The molecule has 0 fully saturated rings. The minimum Gasteiger partial charge on any atom is -0.363 e. The van der Waals surface area contributed by atoms with Gasteiger partial charge in [0.05, 0.1) is 0 Å². The monoisotopic (exact) mass is 279 g/mol. The Morgan fingerprint density at radius 3 is 1.79 bits per heavy atom. The van der Waals surface area contributed by atoms with E-state index in [1.54, 1.807) is 32.8 Å². The normalized spacial score (nSPS) is 11.5. The van der Waals surface area contributed by atoms with E-state index in [9.17, 15) is 17.6 Å². The number of hydrogen-bond donors (Lipinski definition) is 0. The van der Waals surface area contributed by atoms with Crippen LogP contribution in [0.2, 0.25) is 0 Å². The smallest absolute Gasteiger partial charge is 0.253 e. The van der Waals surface area contributed by atoms with E-state index in [2.05, 4.69) is 4.98 Å². The molecule has 19 heavy (non-hydrogen) atoms. The van der Waals surface area contributed by atoms with Gasteiger partial charge in [-0.15, -0.1) is 0 Å².